The molecule has 0 fully saturated rings. The van der Waals surface area contributed by atoms with E-state index in [2.05, 4.69) is 10.3 Å². The van der Waals surface area contributed by atoms with Gasteiger partial charge in [0.15, 0.2) is 5.78 Å². The van der Waals surface area contributed by atoms with Crippen LogP contribution in [0.3, 0.4) is 0 Å². The summed E-state index contributed by atoms with van der Waals surface area (Å²) < 4.78 is 0. The van der Waals surface area contributed by atoms with Gasteiger partial charge in [0, 0.05) is 11.8 Å². The number of ketones is 1. The van der Waals surface area contributed by atoms with E-state index in [1.165, 1.54) is 6.20 Å². The second kappa shape index (κ2) is 4.69. The lowest BCUT2D eigenvalue weighted by Gasteiger charge is -2.00. The molecule has 0 bridgehead atoms. The Kier molecular flexibility index (Phi) is 3.54. The second-order valence-electron chi connectivity index (χ2n) is 2.65. The highest BCUT2D eigenvalue weighted by Crippen LogP contribution is 2.02. The van der Waals surface area contributed by atoms with Crippen LogP contribution in [0.1, 0.15) is 16.1 Å². The first kappa shape index (κ1) is 9.83. The summed E-state index contributed by atoms with van der Waals surface area (Å²) in [4.78, 5) is 15.2. The molecule has 0 aliphatic heterocycles. The summed E-state index contributed by atoms with van der Waals surface area (Å²) in [6.07, 6.45) is 1.52. The van der Waals surface area contributed by atoms with Crippen LogP contribution in [-0.4, -0.2) is 29.5 Å². The van der Waals surface area contributed by atoms with E-state index in [1.54, 1.807) is 19.2 Å². The summed E-state index contributed by atoms with van der Waals surface area (Å²) >= 11 is 0. The van der Waals surface area contributed by atoms with E-state index in [9.17, 15) is 4.79 Å². The molecule has 0 aromatic carbocycles. The van der Waals surface area contributed by atoms with Gasteiger partial charge in [0.25, 0.3) is 0 Å². The molecule has 0 atom stereocenters. The molecule has 0 saturated carbocycles. The molecule has 1 heterocycles. The van der Waals surface area contributed by atoms with Gasteiger partial charge in [0.05, 0.1) is 18.8 Å². The minimum Gasteiger partial charge on any atom is -0.390 e. The molecule has 1 aromatic heterocycles. The van der Waals surface area contributed by atoms with Crippen molar-refractivity contribution in [2.24, 2.45) is 0 Å². The number of aromatic nitrogens is 1. The van der Waals surface area contributed by atoms with E-state index >= 15 is 0 Å². The van der Waals surface area contributed by atoms with Gasteiger partial charge in [-0.1, -0.05) is 0 Å². The number of likely N-dealkylation sites (N-methyl/N-ethyl adjacent to an activating group) is 1. The van der Waals surface area contributed by atoms with Gasteiger partial charge in [-0.25, -0.2) is 0 Å². The van der Waals surface area contributed by atoms with E-state index < -0.39 is 0 Å². The monoisotopic (exact) mass is 180 g/mol. The summed E-state index contributed by atoms with van der Waals surface area (Å²) in [5.74, 6) is -0.000370. The Bertz CT molecular complexity index is 299. The zero-order valence-corrected chi connectivity index (χ0v) is 7.45. The Labute approximate surface area is 76.6 Å². The Balaban J connectivity index is 2.82. The number of nitrogens with zero attached hydrogens (tertiary/aromatic N) is 1. The van der Waals surface area contributed by atoms with Crippen LogP contribution in [0.15, 0.2) is 18.3 Å². The van der Waals surface area contributed by atoms with Gasteiger partial charge >= 0.3 is 0 Å². The molecule has 1 rings (SSSR count). The van der Waals surface area contributed by atoms with Crippen molar-refractivity contribution < 1.29 is 9.90 Å². The molecule has 0 saturated heterocycles. The number of aliphatic hydroxyl groups excluding tert-OH is 1. The van der Waals surface area contributed by atoms with Crippen molar-refractivity contribution in [3.8, 4) is 0 Å². The highest BCUT2D eigenvalue weighted by Gasteiger charge is 2.04. The lowest BCUT2D eigenvalue weighted by molar-refractivity contribution is 0.0993. The van der Waals surface area contributed by atoms with Crippen LogP contribution in [-0.2, 0) is 6.61 Å². The Morgan fingerprint density at radius 2 is 2.46 bits per heavy atom. The van der Waals surface area contributed by atoms with Gasteiger partial charge in [0.1, 0.15) is 0 Å². The van der Waals surface area contributed by atoms with E-state index in [0.717, 1.165) is 0 Å². The Hall–Kier alpha value is -1.26. The number of aliphatic hydroxyl groups is 1. The van der Waals surface area contributed by atoms with Crippen LogP contribution in [0.5, 0.6) is 0 Å². The van der Waals surface area contributed by atoms with Gasteiger partial charge in [-0.3, -0.25) is 9.78 Å². The van der Waals surface area contributed by atoms with E-state index in [-0.39, 0.29) is 12.4 Å². The molecule has 4 heteroatoms. The Morgan fingerprint density at radius 3 is 3.08 bits per heavy atom. The molecule has 0 radical (unpaired) electrons. The number of rotatable bonds is 4. The molecular formula is C9H12N2O2. The molecule has 13 heavy (non-hydrogen) atoms. The van der Waals surface area contributed by atoms with Crippen molar-refractivity contribution in [3.63, 3.8) is 0 Å². The van der Waals surface area contributed by atoms with Crippen LogP contribution in [0.4, 0.5) is 0 Å². The molecule has 0 aliphatic carbocycles. The average molecular weight is 180 g/mol. The van der Waals surface area contributed by atoms with Crippen molar-refractivity contribution in [2.45, 2.75) is 6.61 Å². The van der Waals surface area contributed by atoms with Gasteiger partial charge in [-0.15, -0.1) is 0 Å². The highest BCUT2D eigenvalue weighted by atomic mass is 16.3. The molecule has 2 N–H and O–H groups in total. The van der Waals surface area contributed by atoms with Gasteiger partial charge in [-0.2, -0.15) is 0 Å². The first-order chi connectivity index (χ1) is 6.27. The average Bonchev–Trinajstić information content (AvgIpc) is 2.18. The molecule has 0 amide bonds. The third-order valence-electron chi connectivity index (χ3n) is 1.64. The maximum Gasteiger partial charge on any atom is 0.176 e. The fourth-order valence-corrected chi connectivity index (χ4v) is 1.00. The number of carbonyl (C=O) groups excluding carboxylic acids is 1. The second-order valence-corrected chi connectivity index (χ2v) is 2.65. The number of hydrogen-bond acceptors (Lipinski definition) is 4. The SMILES string of the molecule is CNCC(=O)c1ccnc(CO)c1. The smallest absolute Gasteiger partial charge is 0.176 e. The van der Waals surface area contributed by atoms with Crippen LogP contribution in [0, 0.1) is 0 Å². The molecule has 1 aromatic rings. The van der Waals surface area contributed by atoms with Crippen molar-refractivity contribution in [3.05, 3.63) is 29.6 Å². The van der Waals surface area contributed by atoms with Crippen LogP contribution in [0.2, 0.25) is 0 Å². The van der Waals surface area contributed by atoms with E-state index in [4.69, 9.17) is 5.11 Å². The fourth-order valence-electron chi connectivity index (χ4n) is 1.00. The summed E-state index contributed by atoms with van der Waals surface area (Å²) in [6.45, 7) is 0.162. The number of Topliss-reactive ketones (excluding diaryl/α,β-unsaturated/α-hetero) is 1. The normalized spacial score (nSPS) is 10.0. The molecule has 0 aliphatic rings. The van der Waals surface area contributed by atoms with Crippen LogP contribution >= 0.6 is 0 Å². The van der Waals surface area contributed by atoms with Gasteiger partial charge < -0.3 is 10.4 Å². The molecular weight excluding hydrogens is 168 g/mol. The molecule has 0 spiro atoms. The van der Waals surface area contributed by atoms with E-state index in [1.807, 2.05) is 0 Å². The molecule has 70 valence electrons. The predicted molar refractivity (Wildman–Crippen MR) is 48.4 cm³/mol. The van der Waals surface area contributed by atoms with Crippen molar-refractivity contribution >= 4 is 5.78 Å². The maximum absolute atomic E-state index is 11.3. The lowest BCUT2D eigenvalue weighted by atomic mass is 10.1. The third-order valence-corrected chi connectivity index (χ3v) is 1.64. The van der Waals surface area contributed by atoms with Gasteiger partial charge in [0.2, 0.25) is 0 Å². The van der Waals surface area contributed by atoms with Crippen LogP contribution < -0.4 is 5.32 Å². The lowest BCUT2D eigenvalue weighted by Crippen LogP contribution is -2.18. The summed E-state index contributed by atoms with van der Waals surface area (Å²) in [7, 11) is 1.71. The topological polar surface area (TPSA) is 62.2 Å². The van der Waals surface area contributed by atoms with Crippen LogP contribution in [0.25, 0.3) is 0 Å². The van der Waals surface area contributed by atoms with Crippen molar-refractivity contribution in [1.82, 2.24) is 10.3 Å². The Morgan fingerprint density at radius 1 is 1.69 bits per heavy atom. The van der Waals surface area contributed by atoms with E-state index in [0.29, 0.717) is 17.8 Å². The zero-order valence-electron chi connectivity index (χ0n) is 7.45. The van der Waals surface area contributed by atoms with Crippen molar-refractivity contribution in [1.29, 1.82) is 0 Å². The first-order valence-electron chi connectivity index (χ1n) is 4.01. The third kappa shape index (κ3) is 2.61. The summed E-state index contributed by atoms with van der Waals surface area (Å²) in [5.41, 5.74) is 1.09. The molecule has 0 unspecified atom stereocenters. The highest BCUT2D eigenvalue weighted by molar-refractivity contribution is 5.97. The molecule has 4 nitrogen and oxygen atoms in total. The standard InChI is InChI=1S/C9H12N2O2/c1-10-5-9(13)7-2-3-11-8(4-7)6-12/h2-4,10,12H,5-6H2,1H3. The summed E-state index contributed by atoms with van der Waals surface area (Å²) in [6, 6.07) is 3.23. The number of hydrogen-bond donors (Lipinski definition) is 2. The quantitative estimate of drug-likeness (QED) is 0.639. The van der Waals surface area contributed by atoms with Crippen molar-refractivity contribution in [2.75, 3.05) is 13.6 Å². The largest absolute Gasteiger partial charge is 0.390 e. The zero-order chi connectivity index (χ0) is 9.68. The maximum atomic E-state index is 11.3. The number of nitrogens with one attached hydrogen (secondary N) is 1. The predicted octanol–water partition coefficient (Wildman–Crippen LogP) is -0.0240. The minimum absolute atomic E-state index is 0.000370. The fraction of sp³-hybridized carbons (Fsp3) is 0.333. The first-order valence-corrected chi connectivity index (χ1v) is 4.01. The van der Waals surface area contributed by atoms with Gasteiger partial charge in [-0.05, 0) is 19.2 Å². The number of carbonyl (C=O) groups is 1. The minimum atomic E-state index is -0.138. The summed E-state index contributed by atoms with van der Waals surface area (Å²) in [5, 5.41) is 11.6. The number of pyridine rings is 1.